The minimum Gasteiger partial charge on any atom is -0.464 e. The molecule has 340 valence electrons. The molecule has 2 N–H and O–H groups in total. The number of aromatic nitrogens is 3. The van der Waals surface area contributed by atoms with Crippen LogP contribution in [0.3, 0.4) is 0 Å². The van der Waals surface area contributed by atoms with Crippen molar-refractivity contribution in [3.63, 3.8) is 0 Å². The first-order valence-corrected chi connectivity index (χ1v) is 24.4. The smallest absolute Gasteiger partial charge is 0.324 e. The zero-order chi connectivity index (χ0) is 44.2. The van der Waals surface area contributed by atoms with Crippen LogP contribution >= 0.6 is 11.3 Å². The monoisotopic (exact) mass is 890 g/mol. The molecule has 7 aliphatic rings. The first kappa shape index (κ1) is 42.4. The Bertz CT molecular complexity index is 2470. The second-order valence-electron chi connectivity index (χ2n) is 21.0. The number of esters is 1. The number of amides is 2. The van der Waals surface area contributed by atoms with Gasteiger partial charge in [0.2, 0.25) is 5.91 Å². The fourth-order valence-electron chi connectivity index (χ4n) is 11.3. The van der Waals surface area contributed by atoms with Gasteiger partial charge < -0.3 is 24.1 Å². The number of thiazole rings is 1. The SMILES string of the molecule is CO[C@@H](C)c1ncccc1-c1c2c3cc(ccc3n1C1CN(C3CC3)C1)-c1csc(n1)[C@@H](N1CC3(COC3)C1)[C@H](NC(=O)C1[C@@H](C)[C@H]1C)C(=O)N1CCC[C@H](N1)C(=O)OCC(C)(C)C2. The Morgan fingerprint density at radius 2 is 1.81 bits per heavy atom. The Balaban J connectivity index is 1.07. The molecule has 7 atom stereocenters. The van der Waals surface area contributed by atoms with Crippen LogP contribution in [0.1, 0.15) is 94.8 Å². The highest BCUT2D eigenvalue weighted by Gasteiger charge is 2.56. The number of carbonyl (C=O) groups is 3. The highest BCUT2D eigenvalue weighted by molar-refractivity contribution is 7.10. The number of ether oxygens (including phenoxy) is 3. The van der Waals surface area contributed by atoms with Gasteiger partial charge in [-0.05, 0) is 80.7 Å². The van der Waals surface area contributed by atoms with Crippen molar-refractivity contribution in [2.45, 2.75) is 103 Å². The van der Waals surface area contributed by atoms with E-state index in [-0.39, 0.29) is 59.7 Å². The summed E-state index contributed by atoms with van der Waals surface area (Å²) in [6.45, 7) is 16.0. The van der Waals surface area contributed by atoms with E-state index in [0.29, 0.717) is 45.1 Å². The Labute approximate surface area is 379 Å². The van der Waals surface area contributed by atoms with Crippen molar-refractivity contribution in [3.05, 3.63) is 58.2 Å². The number of fused-ring (bicyclic) bond motifs is 6. The molecule has 5 aliphatic heterocycles. The summed E-state index contributed by atoms with van der Waals surface area (Å²) in [6.07, 6.45) is 5.93. The van der Waals surface area contributed by atoms with Crippen LogP contribution < -0.4 is 10.7 Å². The summed E-state index contributed by atoms with van der Waals surface area (Å²) >= 11 is 1.54. The van der Waals surface area contributed by atoms with Gasteiger partial charge in [0.25, 0.3) is 5.91 Å². The third-order valence-corrected chi connectivity index (χ3v) is 16.5. The Morgan fingerprint density at radius 3 is 2.52 bits per heavy atom. The van der Waals surface area contributed by atoms with E-state index in [4.69, 9.17) is 24.2 Å². The van der Waals surface area contributed by atoms with E-state index in [1.54, 1.807) is 23.5 Å². The molecule has 6 fully saturated rings. The fraction of sp³-hybridized carbons (Fsp3) is 0.612. The Hall–Kier alpha value is -4.25. The molecule has 4 saturated heterocycles. The number of hydrogen-bond acceptors (Lipinski definition) is 12. The molecule has 1 spiro atoms. The molecule has 1 aromatic carbocycles. The van der Waals surface area contributed by atoms with Crippen molar-refractivity contribution >= 4 is 40.0 Å². The maximum atomic E-state index is 15.0. The van der Waals surface area contributed by atoms with Gasteiger partial charge in [-0.2, -0.15) is 0 Å². The summed E-state index contributed by atoms with van der Waals surface area (Å²) in [6, 6.07) is 9.72. The number of nitrogens with zero attached hydrogens (tertiary/aromatic N) is 6. The number of hydrogen-bond donors (Lipinski definition) is 2. The van der Waals surface area contributed by atoms with E-state index in [0.717, 1.165) is 70.3 Å². The van der Waals surface area contributed by atoms with Crippen molar-refractivity contribution in [1.29, 1.82) is 0 Å². The number of nitrogens with one attached hydrogen (secondary N) is 2. The van der Waals surface area contributed by atoms with Gasteiger partial charge in [-0.15, -0.1) is 11.3 Å². The van der Waals surface area contributed by atoms with Crippen LogP contribution in [0.15, 0.2) is 41.9 Å². The van der Waals surface area contributed by atoms with E-state index >= 15 is 4.79 Å². The zero-order valence-corrected chi connectivity index (χ0v) is 38.8. The van der Waals surface area contributed by atoms with Gasteiger partial charge in [-0.3, -0.25) is 34.2 Å². The number of pyridine rings is 1. The molecule has 14 nitrogen and oxygen atoms in total. The predicted octanol–water partition coefficient (Wildman–Crippen LogP) is 5.93. The number of carbonyl (C=O) groups excluding carboxylic acids is 3. The van der Waals surface area contributed by atoms with Crippen molar-refractivity contribution in [2.75, 3.05) is 59.7 Å². The lowest BCUT2D eigenvalue weighted by atomic mass is 9.76. The summed E-state index contributed by atoms with van der Waals surface area (Å²) in [5.41, 5.74) is 10.1. The lowest BCUT2D eigenvalue weighted by molar-refractivity contribution is -0.202. The van der Waals surface area contributed by atoms with Gasteiger partial charge in [0.15, 0.2) is 0 Å². The molecule has 1 unspecified atom stereocenters. The maximum absolute atomic E-state index is 15.0. The third-order valence-electron chi connectivity index (χ3n) is 15.6. The topological polar surface area (TPSA) is 143 Å². The van der Waals surface area contributed by atoms with Gasteiger partial charge >= 0.3 is 5.97 Å². The van der Waals surface area contributed by atoms with Crippen molar-refractivity contribution in [2.24, 2.45) is 28.6 Å². The van der Waals surface area contributed by atoms with E-state index < -0.39 is 23.5 Å². The molecule has 0 radical (unpaired) electrons. The minimum atomic E-state index is -0.934. The molecule has 15 heteroatoms. The Morgan fingerprint density at radius 1 is 1.03 bits per heavy atom. The number of likely N-dealkylation sites (tertiary alicyclic amines) is 2. The molecule has 4 aromatic rings. The fourth-order valence-corrected chi connectivity index (χ4v) is 12.3. The van der Waals surface area contributed by atoms with Crippen molar-refractivity contribution in [3.8, 4) is 22.5 Å². The van der Waals surface area contributed by atoms with Crippen molar-refractivity contribution < 1.29 is 28.6 Å². The average Bonchev–Trinajstić information content (AvgIpc) is 4.09. The van der Waals surface area contributed by atoms with Crippen LogP contribution in [0.5, 0.6) is 0 Å². The van der Waals surface area contributed by atoms with E-state index in [1.165, 1.54) is 18.4 Å². The van der Waals surface area contributed by atoms with Gasteiger partial charge in [0.1, 0.15) is 17.1 Å². The normalized spacial score (nSPS) is 29.9. The van der Waals surface area contributed by atoms with Crippen LogP contribution in [0.4, 0.5) is 0 Å². The summed E-state index contributed by atoms with van der Waals surface area (Å²) in [5.74, 6) is -0.450. The maximum Gasteiger partial charge on any atom is 0.324 e. The summed E-state index contributed by atoms with van der Waals surface area (Å²) in [4.78, 5) is 58.5. The molecular weight excluding hydrogens is 829 g/mol. The summed E-state index contributed by atoms with van der Waals surface area (Å²) < 4.78 is 20.4. The molecule has 2 amide bonds. The number of hydrazine groups is 1. The molecule has 6 bridgehead atoms. The predicted molar refractivity (Wildman–Crippen MR) is 243 cm³/mol. The van der Waals surface area contributed by atoms with Crippen LogP contribution in [-0.2, 0) is 35.0 Å². The second-order valence-corrected chi connectivity index (χ2v) is 21.9. The van der Waals surface area contributed by atoms with Crippen LogP contribution in [0.25, 0.3) is 33.4 Å². The highest BCUT2D eigenvalue weighted by atomic mass is 32.1. The van der Waals surface area contributed by atoms with Crippen LogP contribution in [0.2, 0.25) is 0 Å². The molecule has 8 heterocycles. The van der Waals surface area contributed by atoms with Gasteiger partial charge in [0.05, 0.1) is 55.1 Å². The third kappa shape index (κ3) is 7.38. The Kier molecular flexibility index (Phi) is 10.6. The number of methoxy groups -OCH3 is 1. The first-order chi connectivity index (χ1) is 30.8. The van der Waals surface area contributed by atoms with Gasteiger partial charge in [-0.1, -0.05) is 33.8 Å². The van der Waals surface area contributed by atoms with Gasteiger partial charge in [0, 0.05) is 96.2 Å². The molecule has 2 aliphatic carbocycles. The molecule has 64 heavy (non-hydrogen) atoms. The zero-order valence-electron chi connectivity index (χ0n) is 38.0. The van der Waals surface area contributed by atoms with E-state index in [9.17, 15) is 9.59 Å². The minimum absolute atomic E-state index is 0.0485. The highest BCUT2D eigenvalue weighted by Crippen LogP contribution is 2.49. The lowest BCUT2D eigenvalue weighted by Gasteiger charge is -2.58. The quantitative estimate of drug-likeness (QED) is 0.203. The van der Waals surface area contributed by atoms with E-state index in [1.807, 2.05) is 12.3 Å². The van der Waals surface area contributed by atoms with Crippen LogP contribution in [0, 0.1) is 28.6 Å². The van der Waals surface area contributed by atoms with Crippen LogP contribution in [-0.4, -0.2) is 125 Å². The lowest BCUT2D eigenvalue weighted by Crippen LogP contribution is -2.70. The van der Waals surface area contributed by atoms with E-state index in [2.05, 4.69) is 89.4 Å². The molecule has 11 rings (SSSR count). The number of benzene rings is 1. The molecular formula is C49H62N8O6S. The molecule has 3 aromatic heterocycles. The van der Waals surface area contributed by atoms with Gasteiger partial charge in [-0.25, -0.2) is 10.4 Å². The number of rotatable bonds is 8. The first-order valence-electron chi connectivity index (χ1n) is 23.5. The van der Waals surface area contributed by atoms with Crippen molar-refractivity contribution in [1.82, 2.24) is 40.1 Å². The largest absolute Gasteiger partial charge is 0.464 e. The summed E-state index contributed by atoms with van der Waals surface area (Å²) in [7, 11) is 1.73. The number of cyclic esters (lactones) is 1. The standard InChI is InChI=1S/C49H62N8O6S/c1-27-28(2)39(27)44(58)52-41-43(55-22-49(23-55)25-62-26-49)45-51-37(21-64-45)30-11-14-38-34(17-30)35(18-48(4,5)24-63-47(60)36-10-8-16-56(53-36)46(41)59)42(33-9-7-15-50-40(33)29(3)61-6)57(38)32-19-54(20-32)31-12-13-31/h7,9,11,14-15,17,21,27-29,31-32,36,39,41,43,53H,8,10,12-13,16,18-20,22-26H2,1-6H3,(H,52,58)/t27-,28+,29-,36-,39?,41-,43-/m0/s1. The second kappa shape index (κ2) is 16.0. The molecule has 2 saturated carbocycles. The summed E-state index contributed by atoms with van der Waals surface area (Å²) in [5, 5.41) is 8.86. The average molecular weight is 891 g/mol.